The van der Waals surface area contributed by atoms with Gasteiger partial charge in [0.1, 0.15) is 0 Å². The Morgan fingerprint density at radius 1 is 1.21 bits per heavy atom. The third kappa shape index (κ3) is 4.38. The van der Waals surface area contributed by atoms with Gasteiger partial charge in [-0.25, -0.2) is 0 Å². The number of hydrogen-bond donors (Lipinski definition) is 1. The number of rotatable bonds is 5. The summed E-state index contributed by atoms with van der Waals surface area (Å²) in [6.07, 6.45) is 4.90. The fourth-order valence-electron chi connectivity index (χ4n) is 1.58. The molecular formula is C12H20N2. The second-order valence-electron chi connectivity index (χ2n) is 4.27. The Labute approximate surface area is 86.8 Å². The highest BCUT2D eigenvalue weighted by Gasteiger charge is 2.03. The maximum atomic E-state index is 3.99. The largest absolute Gasteiger partial charge is 0.310 e. The van der Waals surface area contributed by atoms with Crippen LogP contribution in [0.4, 0.5) is 0 Å². The fraction of sp³-hybridized carbons (Fsp3) is 0.583. The molecule has 1 heterocycles. The van der Waals surface area contributed by atoms with Crippen molar-refractivity contribution in [2.45, 2.75) is 39.8 Å². The average Bonchev–Trinajstić information content (AvgIpc) is 2.15. The molecule has 78 valence electrons. The van der Waals surface area contributed by atoms with Crippen LogP contribution < -0.4 is 5.32 Å². The predicted octanol–water partition coefficient (Wildman–Crippen LogP) is 2.61. The fourth-order valence-corrected chi connectivity index (χ4v) is 1.58. The maximum Gasteiger partial charge on any atom is 0.0271 e. The number of nitrogens with one attached hydrogen (secondary N) is 1. The lowest BCUT2D eigenvalue weighted by Crippen LogP contribution is -2.26. The molecule has 1 rings (SSSR count). The summed E-state index contributed by atoms with van der Waals surface area (Å²) in [6, 6.07) is 4.69. The lowest BCUT2D eigenvalue weighted by molar-refractivity contribution is 0.441. The van der Waals surface area contributed by atoms with Crippen LogP contribution in [0.15, 0.2) is 24.5 Å². The molecule has 0 aliphatic rings. The Morgan fingerprint density at radius 2 is 1.86 bits per heavy atom. The van der Waals surface area contributed by atoms with Gasteiger partial charge in [-0.15, -0.1) is 0 Å². The van der Waals surface area contributed by atoms with Gasteiger partial charge in [0.2, 0.25) is 0 Å². The minimum Gasteiger partial charge on any atom is -0.310 e. The molecule has 0 amide bonds. The molecule has 14 heavy (non-hydrogen) atoms. The van der Waals surface area contributed by atoms with Crippen molar-refractivity contribution < 1.29 is 0 Å². The molecule has 0 fully saturated rings. The molecule has 1 atom stereocenters. The van der Waals surface area contributed by atoms with E-state index in [1.807, 2.05) is 12.4 Å². The molecule has 0 saturated heterocycles. The van der Waals surface area contributed by atoms with E-state index in [4.69, 9.17) is 0 Å². The zero-order chi connectivity index (χ0) is 10.4. The molecule has 0 spiro atoms. The predicted molar refractivity (Wildman–Crippen MR) is 60.0 cm³/mol. The van der Waals surface area contributed by atoms with Crippen LogP contribution in [-0.2, 0) is 6.54 Å². The van der Waals surface area contributed by atoms with Gasteiger partial charge in [-0.05, 0) is 37.0 Å². The van der Waals surface area contributed by atoms with Crippen LogP contribution in [-0.4, -0.2) is 11.0 Å². The van der Waals surface area contributed by atoms with Crippen molar-refractivity contribution in [1.82, 2.24) is 10.3 Å². The average molecular weight is 192 g/mol. The lowest BCUT2D eigenvalue weighted by Gasteiger charge is -2.15. The van der Waals surface area contributed by atoms with Crippen LogP contribution in [0.2, 0.25) is 0 Å². The topological polar surface area (TPSA) is 24.9 Å². The first-order valence-corrected chi connectivity index (χ1v) is 5.30. The highest BCUT2D eigenvalue weighted by molar-refractivity contribution is 5.09. The summed E-state index contributed by atoms with van der Waals surface area (Å²) in [5, 5.41) is 3.50. The van der Waals surface area contributed by atoms with Gasteiger partial charge in [0.25, 0.3) is 0 Å². The smallest absolute Gasteiger partial charge is 0.0271 e. The minimum atomic E-state index is 0.586. The SMILES string of the molecule is CC(C)C[C@H](C)NCc1ccncc1. The third-order valence-corrected chi connectivity index (χ3v) is 2.23. The number of aromatic nitrogens is 1. The van der Waals surface area contributed by atoms with E-state index in [2.05, 4.69) is 43.2 Å². The molecule has 0 aromatic carbocycles. The van der Waals surface area contributed by atoms with Crippen LogP contribution >= 0.6 is 0 Å². The zero-order valence-corrected chi connectivity index (χ0v) is 9.33. The summed E-state index contributed by atoms with van der Waals surface area (Å²) < 4.78 is 0. The Bertz CT molecular complexity index is 244. The second kappa shape index (κ2) is 5.76. The molecule has 0 unspecified atom stereocenters. The summed E-state index contributed by atoms with van der Waals surface area (Å²) in [6.45, 7) is 7.69. The van der Waals surface area contributed by atoms with E-state index < -0.39 is 0 Å². The molecule has 0 aliphatic carbocycles. The molecule has 0 aliphatic heterocycles. The van der Waals surface area contributed by atoms with Crippen LogP contribution in [0.1, 0.15) is 32.8 Å². The van der Waals surface area contributed by atoms with E-state index in [9.17, 15) is 0 Å². The van der Waals surface area contributed by atoms with Crippen molar-refractivity contribution in [2.24, 2.45) is 5.92 Å². The van der Waals surface area contributed by atoms with Gasteiger partial charge in [0.05, 0.1) is 0 Å². The number of hydrogen-bond acceptors (Lipinski definition) is 2. The van der Waals surface area contributed by atoms with Crippen molar-refractivity contribution in [3.05, 3.63) is 30.1 Å². The molecule has 0 saturated carbocycles. The van der Waals surface area contributed by atoms with Gasteiger partial charge in [-0.2, -0.15) is 0 Å². The standard InChI is InChI=1S/C12H20N2/c1-10(2)8-11(3)14-9-12-4-6-13-7-5-12/h4-7,10-11,14H,8-9H2,1-3H3/t11-/m0/s1. The summed E-state index contributed by atoms with van der Waals surface area (Å²) in [7, 11) is 0. The summed E-state index contributed by atoms with van der Waals surface area (Å²) in [5.74, 6) is 0.759. The van der Waals surface area contributed by atoms with E-state index in [-0.39, 0.29) is 0 Å². The molecule has 1 aromatic heterocycles. The minimum absolute atomic E-state index is 0.586. The second-order valence-corrected chi connectivity index (χ2v) is 4.27. The van der Waals surface area contributed by atoms with Crippen LogP contribution in [0.25, 0.3) is 0 Å². The molecule has 1 aromatic rings. The highest BCUT2D eigenvalue weighted by Crippen LogP contribution is 2.04. The Hall–Kier alpha value is -0.890. The normalized spacial score (nSPS) is 13.1. The van der Waals surface area contributed by atoms with Crippen molar-refractivity contribution in [1.29, 1.82) is 0 Å². The molecule has 2 nitrogen and oxygen atoms in total. The molecule has 2 heteroatoms. The third-order valence-electron chi connectivity index (χ3n) is 2.23. The summed E-state index contributed by atoms with van der Waals surface area (Å²) in [5.41, 5.74) is 1.30. The van der Waals surface area contributed by atoms with Crippen molar-refractivity contribution >= 4 is 0 Å². The lowest BCUT2D eigenvalue weighted by atomic mass is 10.1. The first-order valence-electron chi connectivity index (χ1n) is 5.30. The zero-order valence-electron chi connectivity index (χ0n) is 9.33. The first-order chi connectivity index (χ1) is 6.68. The molecule has 1 N–H and O–H groups in total. The van der Waals surface area contributed by atoms with Gasteiger partial charge in [-0.3, -0.25) is 4.98 Å². The Morgan fingerprint density at radius 3 is 2.43 bits per heavy atom. The van der Waals surface area contributed by atoms with E-state index in [1.54, 1.807) is 0 Å². The molecular weight excluding hydrogens is 172 g/mol. The Kier molecular flexibility index (Phi) is 4.60. The van der Waals surface area contributed by atoms with Gasteiger partial charge in [0.15, 0.2) is 0 Å². The van der Waals surface area contributed by atoms with Gasteiger partial charge in [-0.1, -0.05) is 13.8 Å². The van der Waals surface area contributed by atoms with Crippen LogP contribution in [0.5, 0.6) is 0 Å². The van der Waals surface area contributed by atoms with E-state index in [0.717, 1.165) is 12.5 Å². The first kappa shape index (κ1) is 11.2. The van der Waals surface area contributed by atoms with E-state index >= 15 is 0 Å². The van der Waals surface area contributed by atoms with Crippen LogP contribution in [0, 0.1) is 5.92 Å². The van der Waals surface area contributed by atoms with Crippen LogP contribution in [0.3, 0.4) is 0 Å². The van der Waals surface area contributed by atoms with Crippen molar-refractivity contribution in [2.75, 3.05) is 0 Å². The van der Waals surface area contributed by atoms with Crippen molar-refractivity contribution in [3.63, 3.8) is 0 Å². The van der Waals surface area contributed by atoms with Crippen molar-refractivity contribution in [3.8, 4) is 0 Å². The monoisotopic (exact) mass is 192 g/mol. The van der Waals surface area contributed by atoms with Gasteiger partial charge in [0, 0.05) is 25.0 Å². The summed E-state index contributed by atoms with van der Waals surface area (Å²) in [4.78, 5) is 3.99. The summed E-state index contributed by atoms with van der Waals surface area (Å²) >= 11 is 0. The van der Waals surface area contributed by atoms with Gasteiger partial charge >= 0.3 is 0 Å². The van der Waals surface area contributed by atoms with Gasteiger partial charge < -0.3 is 5.32 Å². The maximum absolute atomic E-state index is 3.99. The quantitative estimate of drug-likeness (QED) is 0.775. The number of nitrogens with zero attached hydrogens (tertiary/aromatic N) is 1. The molecule has 0 radical (unpaired) electrons. The number of pyridine rings is 1. The van der Waals surface area contributed by atoms with E-state index in [1.165, 1.54) is 12.0 Å². The Balaban J connectivity index is 2.27. The molecule has 0 bridgehead atoms. The van der Waals surface area contributed by atoms with E-state index in [0.29, 0.717) is 6.04 Å². The highest BCUT2D eigenvalue weighted by atomic mass is 14.9.